The maximum atomic E-state index is 5.40. The van der Waals surface area contributed by atoms with Gasteiger partial charge in [-0.1, -0.05) is 20.8 Å². The van der Waals surface area contributed by atoms with E-state index in [0.29, 0.717) is 0 Å². The van der Waals surface area contributed by atoms with Crippen molar-refractivity contribution in [1.29, 1.82) is 0 Å². The number of hydrogen-bond acceptors (Lipinski definition) is 3. The summed E-state index contributed by atoms with van der Waals surface area (Å²) in [4.78, 5) is 2.43. The van der Waals surface area contributed by atoms with E-state index in [1.807, 2.05) is 0 Å². The summed E-state index contributed by atoms with van der Waals surface area (Å²) in [5.74, 6) is 0. The van der Waals surface area contributed by atoms with Crippen molar-refractivity contribution in [3.63, 3.8) is 0 Å². The van der Waals surface area contributed by atoms with E-state index in [1.54, 1.807) is 0 Å². The van der Waals surface area contributed by atoms with Gasteiger partial charge in [-0.2, -0.15) is 0 Å². The Hall–Kier alpha value is -0.120. The van der Waals surface area contributed by atoms with Crippen LogP contribution in [0.5, 0.6) is 0 Å². The predicted molar refractivity (Wildman–Crippen MR) is 66.4 cm³/mol. The average Bonchev–Trinajstić information content (AvgIpc) is 2.27. The Labute approximate surface area is 95.2 Å². The zero-order chi connectivity index (χ0) is 11.4. The fraction of sp³-hybridized carbons (Fsp3) is 1.00. The summed E-state index contributed by atoms with van der Waals surface area (Å²) < 4.78 is 5.40. The Morgan fingerprint density at radius 2 is 1.73 bits per heavy atom. The van der Waals surface area contributed by atoms with Gasteiger partial charge in [-0.05, 0) is 32.5 Å². The molecule has 0 saturated carbocycles. The minimum absolute atomic E-state index is 0.895. The van der Waals surface area contributed by atoms with Gasteiger partial charge < -0.3 is 15.0 Å². The normalized spacial score (nSPS) is 11.2. The number of nitrogens with zero attached hydrogens (tertiary/aromatic N) is 1. The highest BCUT2D eigenvalue weighted by molar-refractivity contribution is 4.55. The van der Waals surface area contributed by atoms with Gasteiger partial charge in [-0.15, -0.1) is 0 Å². The van der Waals surface area contributed by atoms with Crippen LogP contribution in [0.25, 0.3) is 0 Å². The lowest BCUT2D eigenvalue weighted by atomic mass is 10.4. The van der Waals surface area contributed by atoms with E-state index in [1.165, 1.54) is 0 Å². The third-order valence-electron chi connectivity index (χ3n) is 2.49. The Bertz CT molecular complexity index is 116. The molecule has 0 aliphatic heterocycles. The SMILES string of the molecule is CCCOCCCNCCN(CC)CC. The number of hydrogen-bond donors (Lipinski definition) is 1. The van der Waals surface area contributed by atoms with Crippen molar-refractivity contribution in [2.24, 2.45) is 0 Å². The van der Waals surface area contributed by atoms with Gasteiger partial charge in [0.15, 0.2) is 0 Å². The Morgan fingerprint density at radius 1 is 1.00 bits per heavy atom. The molecule has 0 aliphatic carbocycles. The van der Waals surface area contributed by atoms with E-state index in [9.17, 15) is 0 Å². The van der Waals surface area contributed by atoms with Crippen molar-refractivity contribution in [3.05, 3.63) is 0 Å². The van der Waals surface area contributed by atoms with Crippen molar-refractivity contribution in [2.45, 2.75) is 33.6 Å². The number of likely N-dealkylation sites (N-methyl/N-ethyl adjacent to an activating group) is 1. The maximum absolute atomic E-state index is 5.40. The fourth-order valence-corrected chi connectivity index (χ4v) is 1.45. The standard InChI is InChI=1S/C12H28N2O/c1-4-11-15-12-7-8-13-9-10-14(5-2)6-3/h13H,4-12H2,1-3H3. The Kier molecular flexibility index (Phi) is 11.9. The van der Waals surface area contributed by atoms with E-state index in [4.69, 9.17) is 4.74 Å². The molecule has 0 atom stereocenters. The van der Waals surface area contributed by atoms with Crippen LogP contribution in [-0.2, 0) is 4.74 Å². The summed E-state index contributed by atoms with van der Waals surface area (Å²) in [6, 6.07) is 0. The summed E-state index contributed by atoms with van der Waals surface area (Å²) in [5.41, 5.74) is 0. The number of nitrogens with one attached hydrogen (secondary N) is 1. The lowest BCUT2D eigenvalue weighted by Gasteiger charge is -2.17. The summed E-state index contributed by atoms with van der Waals surface area (Å²) >= 11 is 0. The predicted octanol–water partition coefficient (Wildman–Crippen LogP) is 1.73. The number of ether oxygens (including phenoxy) is 1. The van der Waals surface area contributed by atoms with Gasteiger partial charge in [0.25, 0.3) is 0 Å². The highest BCUT2D eigenvalue weighted by Crippen LogP contribution is 1.86. The third-order valence-corrected chi connectivity index (χ3v) is 2.49. The van der Waals surface area contributed by atoms with E-state index < -0.39 is 0 Å². The molecule has 3 nitrogen and oxygen atoms in total. The largest absolute Gasteiger partial charge is 0.381 e. The second kappa shape index (κ2) is 12.0. The van der Waals surface area contributed by atoms with Crippen molar-refractivity contribution in [1.82, 2.24) is 10.2 Å². The van der Waals surface area contributed by atoms with Crippen molar-refractivity contribution >= 4 is 0 Å². The van der Waals surface area contributed by atoms with Gasteiger partial charge in [0.05, 0.1) is 0 Å². The molecule has 0 radical (unpaired) electrons. The zero-order valence-electron chi connectivity index (χ0n) is 10.7. The zero-order valence-corrected chi connectivity index (χ0v) is 10.7. The van der Waals surface area contributed by atoms with Crippen LogP contribution in [-0.4, -0.2) is 50.8 Å². The smallest absolute Gasteiger partial charge is 0.0478 e. The first-order valence-electron chi connectivity index (χ1n) is 6.35. The first-order chi connectivity index (χ1) is 7.35. The second-order valence-electron chi connectivity index (χ2n) is 3.74. The summed E-state index contributed by atoms with van der Waals surface area (Å²) in [6.45, 7) is 14.0. The summed E-state index contributed by atoms with van der Waals surface area (Å²) in [5, 5.41) is 3.44. The van der Waals surface area contributed by atoms with Gasteiger partial charge in [0, 0.05) is 26.3 Å². The molecule has 0 aromatic carbocycles. The Balaban J connectivity index is 3.04. The molecule has 92 valence electrons. The van der Waals surface area contributed by atoms with Crippen LogP contribution in [0, 0.1) is 0 Å². The molecular weight excluding hydrogens is 188 g/mol. The van der Waals surface area contributed by atoms with Crippen LogP contribution in [0.2, 0.25) is 0 Å². The molecule has 0 fully saturated rings. The molecule has 15 heavy (non-hydrogen) atoms. The number of rotatable bonds is 11. The lowest BCUT2D eigenvalue weighted by molar-refractivity contribution is 0.132. The summed E-state index contributed by atoms with van der Waals surface area (Å²) in [6.07, 6.45) is 2.24. The highest BCUT2D eigenvalue weighted by atomic mass is 16.5. The molecule has 0 aromatic heterocycles. The third kappa shape index (κ3) is 10.2. The van der Waals surface area contributed by atoms with Gasteiger partial charge in [0.2, 0.25) is 0 Å². The first-order valence-corrected chi connectivity index (χ1v) is 6.35. The quantitative estimate of drug-likeness (QED) is 0.532. The molecule has 0 heterocycles. The van der Waals surface area contributed by atoms with Crippen LogP contribution in [0.15, 0.2) is 0 Å². The van der Waals surface area contributed by atoms with Crippen LogP contribution >= 0.6 is 0 Å². The van der Waals surface area contributed by atoms with E-state index in [2.05, 4.69) is 31.0 Å². The molecule has 0 amide bonds. The second-order valence-corrected chi connectivity index (χ2v) is 3.74. The molecule has 0 aliphatic rings. The van der Waals surface area contributed by atoms with E-state index in [-0.39, 0.29) is 0 Å². The molecule has 0 saturated heterocycles. The van der Waals surface area contributed by atoms with Crippen LogP contribution in [0.4, 0.5) is 0 Å². The van der Waals surface area contributed by atoms with Gasteiger partial charge in [-0.3, -0.25) is 0 Å². The fourth-order valence-electron chi connectivity index (χ4n) is 1.45. The monoisotopic (exact) mass is 216 g/mol. The summed E-state index contributed by atoms with van der Waals surface area (Å²) in [7, 11) is 0. The van der Waals surface area contributed by atoms with Crippen molar-refractivity contribution < 1.29 is 4.74 Å². The van der Waals surface area contributed by atoms with Gasteiger partial charge in [0.1, 0.15) is 0 Å². The highest BCUT2D eigenvalue weighted by Gasteiger charge is 1.96. The molecule has 0 rings (SSSR count). The molecule has 1 N–H and O–H groups in total. The molecule has 3 heteroatoms. The molecule has 0 bridgehead atoms. The lowest BCUT2D eigenvalue weighted by Crippen LogP contribution is -2.32. The first kappa shape index (κ1) is 14.9. The van der Waals surface area contributed by atoms with Crippen molar-refractivity contribution in [2.75, 3.05) is 45.9 Å². The van der Waals surface area contributed by atoms with E-state index in [0.717, 1.165) is 58.8 Å². The van der Waals surface area contributed by atoms with Crippen LogP contribution < -0.4 is 5.32 Å². The Morgan fingerprint density at radius 3 is 2.33 bits per heavy atom. The molecular formula is C12H28N2O. The van der Waals surface area contributed by atoms with Crippen LogP contribution in [0.1, 0.15) is 33.6 Å². The topological polar surface area (TPSA) is 24.5 Å². The molecule has 0 spiro atoms. The minimum Gasteiger partial charge on any atom is -0.381 e. The molecule has 0 aromatic rings. The van der Waals surface area contributed by atoms with E-state index >= 15 is 0 Å². The minimum atomic E-state index is 0.895. The maximum Gasteiger partial charge on any atom is 0.0478 e. The van der Waals surface area contributed by atoms with Gasteiger partial charge >= 0.3 is 0 Å². The van der Waals surface area contributed by atoms with Gasteiger partial charge in [-0.25, -0.2) is 0 Å². The average molecular weight is 216 g/mol. The van der Waals surface area contributed by atoms with Crippen LogP contribution in [0.3, 0.4) is 0 Å². The van der Waals surface area contributed by atoms with Crippen molar-refractivity contribution in [3.8, 4) is 0 Å². The molecule has 0 unspecified atom stereocenters.